The number of fused-ring (bicyclic) bond motifs is 1. The second-order valence-electron chi connectivity index (χ2n) is 4.14. The maximum absolute atomic E-state index is 11.3. The van der Waals surface area contributed by atoms with E-state index in [-0.39, 0.29) is 12.6 Å². The van der Waals surface area contributed by atoms with E-state index in [0.717, 1.165) is 10.3 Å². The summed E-state index contributed by atoms with van der Waals surface area (Å²) in [6.45, 7) is 4.22. The molecule has 0 bridgehead atoms. The van der Waals surface area contributed by atoms with Crippen molar-refractivity contribution in [1.82, 2.24) is 9.97 Å². The van der Waals surface area contributed by atoms with E-state index in [1.165, 1.54) is 11.3 Å². The monoisotopic (exact) mass is 265 g/mol. The summed E-state index contributed by atoms with van der Waals surface area (Å²) in [6.07, 6.45) is 0. The van der Waals surface area contributed by atoms with Crippen molar-refractivity contribution in [1.29, 1.82) is 0 Å². The smallest absolute Gasteiger partial charge is 0.344 e. The molecule has 0 saturated carbocycles. The zero-order valence-corrected chi connectivity index (χ0v) is 11.0. The van der Waals surface area contributed by atoms with Crippen LogP contribution in [0.4, 0.5) is 0 Å². The summed E-state index contributed by atoms with van der Waals surface area (Å²) < 4.78 is 10.2. The third-order valence-electron chi connectivity index (χ3n) is 2.04. The van der Waals surface area contributed by atoms with E-state index in [4.69, 9.17) is 9.47 Å². The van der Waals surface area contributed by atoms with Gasteiger partial charge in [0, 0.05) is 6.07 Å². The molecule has 2 aromatic heterocycles. The number of hydrogen-bond acceptors (Lipinski definition) is 6. The Bertz CT molecular complexity index is 539. The first-order chi connectivity index (χ1) is 8.65. The second kappa shape index (κ2) is 5.77. The molecule has 2 aromatic rings. The fourth-order valence-electron chi connectivity index (χ4n) is 1.21. The molecule has 0 amide bonds. The van der Waals surface area contributed by atoms with Crippen molar-refractivity contribution in [3.8, 4) is 5.88 Å². The molecule has 0 aliphatic heterocycles. The first-order valence-corrected chi connectivity index (χ1v) is 6.39. The first-order valence-electron chi connectivity index (χ1n) is 5.57. The molecular formula is C12H13N2O3S. The number of rotatable bonds is 5. The molecule has 1 radical (unpaired) electrons. The van der Waals surface area contributed by atoms with E-state index in [9.17, 15) is 4.79 Å². The van der Waals surface area contributed by atoms with Gasteiger partial charge in [-0.2, -0.15) is 0 Å². The van der Waals surface area contributed by atoms with Crippen LogP contribution in [0.25, 0.3) is 10.3 Å². The van der Waals surface area contributed by atoms with Crippen LogP contribution in [-0.2, 0) is 9.53 Å². The highest BCUT2D eigenvalue weighted by Crippen LogP contribution is 2.18. The van der Waals surface area contributed by atoms with Crippen LogP contribution in [0.15, 0.2) is 12.1 Å². The van der Waals surface area contributed by atoms with Crippen LogP contribution in [-0.4, -0.2) is 29.2 Å². The third-order valence-corrected chi connectivity index (χ3v) is 2.71. The van der Waals surface area contributed by atoms with Crippen molar-refractivity contribution in [3.05, 3.63) is 17.6 Å². The Hall–Kier alpha value is -1.69. The maximum Gasteiger partial charge on any atom is 0.344 e. The summed E-state index contributed by atoms with van der Waals surface area (Å²) >= 11 is 1.31. The zero-order chi connectivity index (χ0) is 13.0. The van der Waals surface area contributed by atoms with E-state index in [1.807, 2.05) is 13.8 Å². The Morgan fingerprint density at radius 3 is 3.11 bits per heavy atom. The average molecular weight is 265 g/mol. The Labute approximate surface area is 109 Å². The number of esters is 1. The van der Waals surface area contributed by atoms with Crippen molar-refractivity contribution < 1.29 is 14.3 Å². The summed E-state index contributed by atoms with van der Waals surface area (Å²) in [5.74, 6) is 0.319. The van der Waals surface area contributed by atoms with Gasteiger partial charge in [-0.25, -0.2) is 14.8 Å². The van der Waals surface area contributed by atoms with Crippen molar-refractivity contribution in [2.75, 3.05) is 13.2 Å². The van der Waals surface area contributed by atoms with Crippen LogP contribution in [0, 0.1) is 11.4 Å². The summed E-state index contributed by atoms with van der Waals surface area (Å²) in [7, 11) is 0. The molecular weight excluding hydrogens is 252 g/mol. The maximum atomic E-state index is 11.3. The fraction of sp³-hybridized carbons (Fsp3) is 0.417. The number of carbonyl (C=O) groups is 1. The van der Waals surface area contributed by atoms with Gasteiger partial charge in [-0.15, -0.1) is 0 Å². The molecule has 6 heteroatoms. The Kier molecular flexibility index (Phi) is 4.09. The van der Waals surface area contributed by atoms with Gasteiger partial charge in [0.05, 0.1) is 6.61 Å². The number of aromatic nitrogens is 2. The topological polar surface area (TPSA) is 61.3 Å². The van der Waals surface area contributed by atoms with Gasteiger partial charge in [-0.05, 0) is 12.0 Å². The number of carbonyl (C=O) groups excluding carboxylic acids is 1. The lowest BCUT2D eigenvalue weighted by atomic mass is 10.2. The lowest BCUT2D eigenvalue weighted by Gasteiger charge is -2.07. The quantitative estimate of drug-likeness (QED) is 0.774. The molecule has 0 saturated heterocycles. The Morgan fingerprint density at radius 1 is 1.50 bits per heavy atom. The van der Waals surface area contributed by atoms with Crippen molar-refractivity contribution in [2.45, 2.75) is 13.8 Å². The van der Waals surface area contributed by atoms with Crippen LogP contribution in [0.1, 0.15) is 13.8 Å². The predicted octanol–water partition coefficient (Wildman–Crippen LogP) is 2.07. The minimum atomic E-state index is -0.388. The van der Waals surface area contributed by atoms with Gasteiger partial charge in [-0.1, -0.05) is 25.2 Å². The molecule has 0 spiro atoms. The lowest BCUT2D eigenvalue weighted by molar-refractivity contribution is -0.147. The van der Waals surface area contributed by atoms with E-state index in [1.54, 1.807) is 12.1 Å². The molecule has 2 rings (SSSR count). The standard InChI is InChI=1S/C12H13N2O3S/c1-8(2)5-17-11(15)6-16-10-4-3-9-12(14-10)18-7-13-9/h3-4,8H,5-6H2,1-2H3. The minimum Gasteiger partial charge on any atom is -0.466 e. The normalized spacial score (nSPS) is 10.8. The number of ether oxygens (including phenoxy) is 2. The van der Waals surface area contributed by atoms with Gasteiger partial charge in [-0.3, -0.25) is 0 Å². The molecule has 2 heterocycles. The molecule has 0 aromatic carbocycles. The van der Waals surface area contributed by atoms with E-state index in [0.29, 0.717) is 18.4 Å². The van der Waals surface area contributed by atoms with Crippen LogP contribution < -0.4 is 4.74 Å². The first kappa shape index (κ1) is 12.8. The van der Waals surface area contributed by atoms with Gasteiger partial charge >= 0.3 is 5.97 Å². The van der Waals surface area contributed by atoms with Crippen molar-refractivity contribution in [3.63, 3.8) is 0 Å². The SMILES string of the molecule is CC(C)COC(=O)COc1ccc2n[c]sc2n1. The second-order valence-corrected chi connectivity index (χ2v) is 4.92. The fourth-order valence-corrected chi connectivity index (χ4v) is 1.79. The minimum absolute atomic E-state index is 0.131. The summed E-state index contributed by atoms with van der Waals surface area (Å²) in [6, 6.07) is 3.45. The number of hydrogen-bond donors (Lipinski definition) is 0. The number of pyridine rings is 1. The summed E-state index contributed by atoms with van der Waals surface area (Å²) in [4.78, 5) is 20.3. The highest BCUT2D eigenvalue weighted by atomic mass is 32.1. The molecule has 0 N–H and O–H groups in total. The molecule has 0 aliphatic carbocycles. The molecule has 0 atom stereocenters. The molecule has 5 nitrogen and oxygen atoms in total. The van der Waals surface area contributed by atoms with E-state index >= 15 is 0 Å². The van der Waals surface area contributed by atoms with Crippen LogP contribution in [0.3, 0.4) is 0 Å². The molecule has 18 heavy (non-hydrogen) atoms. The third kappa shape index (κ3) is 3.40. The average Bonchev–Trinajstić information content (AvgIpc) is 2.81. The molecule has 0 fully saturated rings. The summed E-state index contributed by atoms with van der Waals surface area (Å²) in [5, 5.41) is 0. The highest BCUT2D eigenvalue weighted by molar-refractivity contribution is 7.15. The van der Waals surface area contributed by atoms with Crippen LogP contribution >= 0.6 is 11.3 Å². The molecule has 0 aliphatic rings. The number of nitrogens with zero attached hydrogens (tertiary/aromatic N) is 2. The lowest BCUT2D eigenvalue weighted by Crippen LogP contribution is -2.17. The largest absolute Gasteiger partial charge is 0.466 e. The van der Waals surface area contributed by atoms with Gasteiger partial charge in [0.15, 0.2) is 12.1 Å². The van der Waals surface area contributed by atoms with Gasteiger partial charge in [0.25, 0.3) is 0 Å². The van der Waals surface area contributed by atoms with Gasteiger partial charge < -0.3 is 9.47 Å². The van der Waals surface area contributed by atoms with Crippen LogP contribution in [0.5, 0.6) is 5.88 Å². The van der Waals surface area contributed by atoms with E-state index in [2.05, 4.69) is 15.5 Å². The van der Waals surface area contributed by atoms with Crippen molar-refractivity contribution in [2.24, 2.45) is 5.92 Å². The molecule has 0 unspecified atom stereocenters. The van der Waals surface area contributed by atoms with Gasteiger partial charge in [0.1, 0.15) is 10.3 Å². The Morgan fingerprint density at radius 2 is 2.33 bits per heavy atom. The predicted molar refractivity (Wildman–Crippen MR) is 67.5 cm³/mol. The summed E-state index contributed by atoms with van der Waals surface area (Å²) in [5.41, 5.74) is 3.52. The van der Waals surface area contributed by atoms with Crippen molar-refractivity contribution >= 4 is 27.7 Å². The van der Waals surface area contributed by atoms with Crippen LogP contribution in [0.2, 0.25) is 0 Å². The van der Waals surface area contributed by atoms with Gasteiger partial charge in [0.2, 0.25) is 5.88 Å². The zero-order valence-electron chi connectivity index (χ0n) is 10.2. The number of thiazole rings is 1. The molecule has 95 valence electrons. The Balaban J connectivity index is 1.87. The highest BCUT2D eigenvalue weighted by Gasteiger charge is 2.07. The van der Waals surface area contributed by atoms with E-state index < -0.39 is 0 Å².